The predicted octanol–water partition coefficient (Wildman–Crippen LogP) is 2.57. The van der Waals surface area contributed by atoms with Crippen LogP contribution in [0.5, 0.6) is 0 Å². The van der Waals surface area contributed by atoms with Crippen molar-refractivity contribution < 1.29 is 14.3 Å². The predicted molar refractivity (Wildman–Crippen MR) is 105 cm³/mol. The molecule has 0 aromatic carbocycles. The standard InChI is InChI=1S/C17H29N3O3S2/c1-4-5-6-14-11-23-16(22)20(14)13-7-9-19(10-8-13)15(21)12-25-17(24)18(2)3/h13-14H,4-12H2,1-3H3. The third kappa shape index (κ3) is 5.48. The van der Waals surface area contributed by atoms with Crippen molar-refractivity contribution in [2.24, 2.45) is 0 Å². The lowest BCUT2D eigenvalue weighted by molar-refractivity contribution is -0.129. The third-order valence-corrected chi connectivity index (χ3v) is 6.51. The molecule has 2 aliphatic rings. The van der Waals surface area contributed by atoms with Gasteiger partial charge in [0.15, 0.2) is 0 Å². The van der Waals surface area contributed by atoms with Gasteiger partial charge in [-0.1, -0.05) is 43.7 Å². The van der Waals surface area contributed by atoms with Crippen molar-refractivity contribution >= 4 is 40.3 Å². The first-order valence-corrected chi connectivity index (χ1v) is 10.4. The molecule has 0 spiro atoms. The largest absolute Gasteiger partial charge is 0.447 e. The van der Waals surface area contributed by atoms with Crippen molar-refractivity contribution in [3.8, 4) is 0 Å². The molecule has 0 bridgehead atoms. The summed E-state index contributed by atoms with van der Waals surface area (Å²) in [4.78, 5) is 30.1. The van der Waals surface area contributed by atoms with Crippen LogP contribution in [-0.2, 0) is 9.53 Å². The number of thioether (sulfide) groups is 1. The van der Waals surface area contributed by atoms with Gasteiger partial charge in [-0.3, -0.25) is 9.69 Å². The summed E-state index contributed by atoms with van der Waals surface area (Å²) in [5.41, 5.74) is 0. The Morgan fingerprint density at radius 2 is 2.04 bits per heavy atom. The number of thiocarbonyl (C=S) groups is 1. The van der Waals surface area contributed by atoms with E-state index in [1.807, 2.05) is 28.8 Å². The average molecular weight is 388 g/mol. The van der Waals surface area contributed by atoms with Crippen LogP contribution in [0.4, 0.5) is 4.79 Å². The minimum Gasteiger partial charge on any atom is -0.447 e. The molecule has 2 fully saturated rings. The van der Waals surface area contributed by atoms with E-state index in [0.717, 1.165) is 36.4 Å². The number of carbonyl (C=O) groups is 2. The molecule has 2 heterocycles. The summed E-state index contributed by atoms with van der Waals surface area (Å²) in [5.74, 6) is 0.506. The fraction of sp³-hybridized carbons (Fsp3) is 0.824. The molecule has 25 heavy (non-hydrogen) atoms. The number of piperidine rings is 1. The minimum atomic E-state index is -0.183. The van der Waals surface area contributed by atoms with E-state index >= 15 is 0 Å². The zero-order valence-corrected chi connectivity index (χ0v) is 17.0. The molecule has 0 radical (unpaired) electrons. The molecular formula is C17H29N3O3S2. The van der Waals surface area contributed by atoms with Gasteiger partial charge in [0.05, 0.1) is 11.8 Å². The Morgan fingerprint density at radius 3 is 2.64 bits per heavy atom. The van der Waals surface area contributed by atoms with Crippen LogP contribution >= 0.6 is 24.0 Å². The zero-order chi connectivity index (χ0) is 18.4. The molecule has 1 atom stereocenters. The van der Waals surface area contributed by atoms with Crippen molar-refractivity contribution in [1.29, 1.82) is 0 Å². The highest BCUT2D eigenvalue weighted by atomic mass is 32.2. The molecule has 2 aliphatic heterocycles. The highest BCUT2D eigenvalue weighted by Gasteiger charge is 2.39. The number of nitrogens with zero attached hydrogens (tertiary/aromatic N) is 3. The molecule has 1 unspecified atom stereocenters. The van der Waals surface area contributed by atoms with Gasteiger partial charge >= 0.3 is 6.09 Å². The summed E-state index contributed by atoms with van der Waals surface area (Å²) in [6.07, 6.45) is 4.70. The number of likely N-dealkylation sites (tertiary alicyclic amines) is 1. The Kier molecular flexibility index (Phi) is 7.81. The second kappa shape index (κ2) is 9.62. The van der Waals surface area contributed by atoms with Gasteiger partial charge in [-0.05, 0) is 19.3 Å². The summed E-state index contributed by atoms with van der Waals surface area (Å²) in [5, 5.41) is 0. The number of ether oxygens (including phenoxy) is 1. The second-order valence-corrected chi connectivity index (χ2v) is 8.45. The SMILES string of the molecule is CCCCC1COC(=O)N1C1CCN(C(=O)CSC(=S)N(C)C)CC1. The first-order chi connectivity index (χ1) is 11.9. The molecule has 0 saturated carbocycles. The maximum absolute atomic E-state index is 12.3. The van der Waals surface area contributed by atoms with Gasteiger partial charge in [-0.25, -0.2) is 4.79 Å². The molecule has 0 N–H and O–H groups in total. The first-order valence-electron chi connectivity index (χ1n) is 9.01. The molecule has 0 aliphatic carbocycles. The second-order valence-electron chi connectivity index (χ2n) is 6.84. The molecule has 0 aromatic heterocycles. The van der Waals surface area contributed by atoms with E-state index < -0.39 is 0 Å². The number of rotatable bonds is 6. The normalized spacial score (nSPS) is 21.4. The summed E-state index contributed by atoms with van der Waals surface area (Å²) in [6, 6.07) is 0.393. The van der Waals surface area contributed by atoms with Gasteiger partial charge in [0.2, 0.25) is 5.91 Å². The van der Waals surface area contributed by atoms with Gasteiger partial charge in [0.1, 0.15) is 10.9 Å². The van der Waals surface area contributed by atoms with E-state index in [1.54, 1.807) is 0 Å². The topological polar surface area (TPSA) is 53.1 Å². The van der Waals surface area contributed by atoms with Crippen LogP contribution < -0.4 is 0 Å². The highest BCUT2D eigenvalue weighted by molar-refractivity contribution is 8.23. The number of hydrogen-bond donors (Lipinski definition) is 0. The van der Waals surface area contributed by atoms with Crippen LogP contribution in [0.3, 0.4) is 0 Å². The van der Waals surface area contributed by atoms with Crippen LogP contribution in [0.25, 0.3) is 0 Å². The molecule has 0 aromatic rings. The summed E-state index contributed by atoms with van der Waals surface area (Å²) >= 11 is 6.61. The van der Waals surface area contributed by atoms with Gasteiger partial charge in [0.25, 0.3) is 0 Å². The van der Waals surface area contributed by atoms with Gasteiger partial charge in [-0.15, -0.1) is 0 Å². The van der Waals surface area contributed by atoms with Crippen LogP contribution in [0.2, 0.25) is 0 Å². The van der Waals surface area contributed by atoms with Crippen LogP contribution in [0.1, 0.15) is 39.0 Å². The maximum atomic E-state index is 12.3. The number of cyclic esters (lactones) is 1. The monoisotopic (exact) mass is 387 g/mol. The highest BCUT2D eigenvalue weighted by Crippen LogP contribution is 2.26. The quantitative estimate of drug-likeness (QED) is 0.653. The molecule has 142 valence electrons. The lowest BCUT2D eigenvalue weighted by Crippen LogP contribution is -2.50. The van der Waals surface area contributed by atoms with Gasteiger partial charge in [-0.2, -0.15) is 0 Å². The van der Waals surface area contributed by atoms with Crippen LogP contribution in [0.15, 0.2) is 0 Å². The van der Waals surface area contributed by atoms with E-state index in [9.17, 15) is 9.59 Å². The summed E-state index contributed by atoms with van der Waals surface area (Å²) in [6.45, 7) is 4.06. The Bertz CT molecular complexity index is 494. The summed E-state index contributed by atoms with van der Waals surface area (Å²) in [7, 11) is 3.77. The zero-order valence-electron chi connectivity index (χ0n) is 15.4. The Hall–Kier alpha value is -1.02. The Morgan fingerprint density at radius 1 is 1.36 bits per heavy atom. The lowest BCUT2D eigenvalue weighted by Gasteiger charge is -2.38. The van der Waals surface area contributed by atoms with Gasteiger partial charge < -0.3 is 14.5 Å². The van der Waals surface area contributed by atoms with E-state index in [1.165, 1.54) is 11.8 Å². The molecule has 2 saturated heterocycles. The molecular weight excluding hydrogens is 358 g/mol. The number of amides is 2. The first kappa shape index (κ1) is 20.3. The molecule has 6 nitrogen and oxygen atoms in total. The van der Waals surface area contributed by atoms with E-state index in [0.29, 0.717) is 25.4 Å². The minimum absolute atomic E-state index is 0.124. The van der Waals surface area contributed by atoms with Crippen molar-refractivity contribution in [3.05, 3.63) is 0 Å². The third-order valence-electron chi connectivity index (χ3n) is 4.79. The van der Waals surface area contributed by atoms with Gasteiger partial charge in [0, 0.05) is 33.2 Å². The van der Waals surface area contributed by atoms with Crippen LogP contribution in [0, 0.1) is 0 Å². The van der Waals surface area contributed by atoms with E-state index in [2.05, 4.69) is 6.92 Å². The Balaban J connectivity index is 1.81. The number of unbranched alkanes of at least 4 members (excludes halogenated alkanes) is 1. The number of hydrogen-bond acceptors (Lipinski definition) is 5. The fourth-order valence-corrected chi connectivity index (χ4v) is 4.18. The molecule has 2 rings (SSSR count). The van der Waals surface area contributed by atoms with Crippen molar-refractivity contribution in [1.82, 2.24) is 14.7 Å². The lowest BCUT2D eigenvalue weighted by atomic mass is 10.0. The van der Waals surface area contributed by atoms with Crippen molar-refractivity contribution in [2.45, 2.75) is 51.1 Å². The van der Waals surface area contributed by atoms with Crippen LogP contribution in [-0.4, -0.2) is 82.6 Å². The molecule has 2 amide bonds. The molecule has 8 heteroatoms. The maximum Gasteiger partial charge on any atom is 0.410 e. The fourth-order valence-electron chi connectivity index (χ4n) is 3.32. The van der Waals surface area contributed by atoms with E-state index in [-0.39, 0.29) is 24.1 Å². The van der Waals surface area contributed by atoms with E-state index in [4.69, 9.17) is 17.0 Å². The average Bonchev–Trinajstić information content (AvgIpc) is 2.98. The Labute approximate surface area is 160 Å². The van der Waals surface area contributed by atoms with Crippen molar-refractivity contribution in [3.63, 3.8) is 0 Å². The smallest absolute Gasteiger partial charge is 0.410 e. The van der Waals surface area contributed by atoms with Crippen molar-refractivity contribution in [2.75, 3.05) is 39.5 Å². The number of carbonyl (C=O) groups excluding carboxylic acids is 2. The summed E-state index contributed by atoms with van der Waals surface area (Å²) < 4.78 is 6.00.